The fourth-order valence-electron chi connectivity index (χ4n) is 1.65. The molecule has 2 rings (SSSR count). The molecule has 2 aromatic rings. The summed E-state index contributed by atoms with van der Waals surface area (Å²) in [6.07, 6.45) is 3.22. The summed E-state index contributed by atoms with van der Waals surface area (Å²) in [4.78, 5) is 4.24. The number of aryl methyl sites for hydroxylation is 1. The summed E-state index contributed by atoms with van der Waals surface area (Å²) in [5, 5.41) is 23.5. The van der Waals surface area contributed by atoms with Gasteiger partial charge in [-0.1, -0.05) is 0 Å². The van der Waals surface area contributed by atoms with Gasteiger partial charge in [-0.2, -0.15) is 0 Å². The SMILES string of the molecule is Cc1nnc2c(NCCNCC(C)O)nccn12. The molecule has 1 unspecified atom stereocenters. The van der Waals surface area contributed by atoms with E-state index in [1.807, 2.05) is 17.5 Å². The second-order valence-electron chi connectivity index (χ2n) is 4.20. The highest BCUT2D eigenvalue weighted by Crippen LogP contribution is 2.10. The molecule has 0 aliphatic heterocycles. The molecule has 0 aliphatic rings. The Morgan fingerprint density at radius 3 is 3.00 bits per heavy atom. The van der Waals surface area contributed by atoms with Gasteiger partial charge in [0.2, 0.25) is 5.65 Å². The highest BCUT2D eigenvalue weighted by atomic mass is 16.3. The first-order valence-electron chi connectivity index (χ1n) is 5.97. The van der Waals surface area contributed by atoms with Crippen LogP contribution in [0.2, 0.25) is 0 Å². The van der Waals surface area contributed by atoms with Gasteiger partial charge in [0.25, 0.3) is 0 Å². The van der Waals surface area contributed by atoms with Gasteiger partial charge in [0.15, 0.2) is 5.82 Å². The fraction of sp³-hybridized carbons (Fsp3) is 0.545. The zero-order chi connectivity index (χ0) is 13.0. The minimum atomic E-state index is -0.328. The quantitative estimate of drug-likeness (QED) is 0.616. The maximum Gasteiger partial charge on any atom is 0.203 e. The number of fused-ring (bicyclic) bond motifs is 1. The number of anilines is 1. The summed E-state index contributed by atoms with van der Waals surface area (Å²) in [5.74, 6) is 1.56. The molecule has 0 radical (unpaired) electrons. The van der Waals surface area contributed by atoms with Crippen LogP contribution in [0.5, 0.6) is 0 Å². The fourth-order valence-corrected chi connectivity index (χ4v) is 1.65. The van der Waals surface area contributed by atoms with Crippen molar-refractivity contribution < 1.29 is 5.11 Å². The molecule has 98 valence electrons. The van der Waals surface area contributed by atoms with Crippen molar-refractivity contribution in [1.82, 2.24) is 24.9 Å². The van der Waals surface area contributed by atoms with Gasteiger partial charge in [0.1, 0.15) is 5.82 Å². The average molecular weight is 250 g/mol. The second-order valence-corrected chi connectivity index (χ2v) is 4.20. The molecular weight excluding hydrogens is 232 g/mol. The molecule has 0 spiro atoms. The van der Waals surface area contributed by atoms with E-state index in [0.717, 1.165) is 23.8 Å². The standard InChI is InChI=1S/C11H18N6O/c1-8(18)7-12-3-4-13-10-11-16-15-9(2)17(11)6-5-14-10/h5-6,8,12,18H,3-4,7H2,1-2H3,(H,13,14). The molecule has 0 aliphatic carbocycles. The summed E-state index contributed by atoms with van der Waals surface area (Å²) in [7, 11) is 0. The summed E-state index contributed by atoms with van der Waals surface area (Å²) in [6.45, 7) is 5.70. The van der Waals surface area contributed by atoms with Crippen molar-refractivity contribution in [3.8, 4) is 0 Å². The molecule has 0 saturated heterocycles. The van der Waals surface area contributed by atoms with Gasteiger partial charge in [0, 0.05) is 32.0 Å². The van der Waals surface area contributed by atoms with E-state index in [0.29, 0.717) is 13.1 Å². The molecular formula is C11H18N6O. The normalized spacial score (nSPS) is 12.8. The zero-order valence-corrected chi connectivity index (χ0v) is 10.6. The first kappa shape index (κ1) is 12.7. The highest BCUT2D eigenvalue weighted by Gasteiger charge is 2.06. The van der Waals surface area contributed by atoms with E-state index in [2.05, 4.69) is 25.8 Å². The smallest absolute Gasteiger partial charge is 0.203 e. The van der Waals surface area contributed by atoms with Crippen LogP contribution < -0.4 is 10.6 Å². The van der Waals surface area contributed by atoms with Crippen LogP contribution in [0.15, 0.2) is 12.4 Å². The van der Waals surface area contributed by atoms with Gasteiger partial charge in [0.05, 0.1) is 6.10 Å². The van der Waals surface area contributed by atoms with E-state index in [1.54, 1.807) is 13.1 Å². The summed E-state index contributed by atoms with van der Waals surface area (Å²) in [6, 6.07) is 0. The van der Waals surface area contributed by atoms with E-state index in [1.165, 1.54) is 0 Å². The van der Waals surface area contributed by atoms with E-state index in [-0.39, 0.29) is 6.10 Å². The van der Waals surface area contributed by atoms with Crippen molar-refractivity contribution in [3.05, 3.63) is 18.2 Å². The number of aromatic nitrogens is 4. The summed E-state index contributed by atoms with van der Waals surface area (Å²) in [5.41, 5.74) is 0.727. The Morgan fingerprint density at radius 1 is 1.39 bits per heavy atom. The Bertz CT molecular complexity index is 509. The van der Waals surface area contributed by atoms with Crippen molar-refractivity contribution in [1.29, 1.82) is 0 Å². The molecule has 0 amide bonds. The maximum atomic E-state index is 9.10. The molecule has 2 heterocycles. The lowest BCUT2D eigenvalue weighted by atomic mass is 10.4. The molecule has 7 heteroatoms. The molecule has 0 bridgehead atoms. The molecule has 18 heavy (non-hydrogen) atoms. The topological polar surface area (TPSA) is 87.4 Å². The largest absolute Gasteiger partial charge is 0.392 e. The Labute approximate surface area is 105 Å². The van der Waals surface area contributed by atoms with Crippen LogP contribution >= 0.6 is 0 Å². The van der Waals surface area contributed by atoms with Gasteiger partial charge in [-0.3, -0.25) is 4.40 Å². The number of hydrogen-bond acceptors (Lipinski definition) is 6. The van der Waals surface area contributed by atoms with Crippen LogP contribution in [0.25, 0.3) is 5.65 Å². The third-order valence-corrected chi connectivity index (χ3v) is 2.53. The lowest BCUT2D eigenvalue weighted by Crippen LogP contribution is -2.29. The summed E-state index contributed by atoms with van der Waals surface area (Å²) < 4.78 is 1.89. The number of hydrogen-bond donors (Lipinski definition) is 3. The molecule has 1 atom stereocenters. The Morgan fingerprint density at radius 2 is 2.22 bits per heavy atom. The summed E-state index contributed by atoms with van der Waals surface area (Å²) >= 11 is 0. The van der Waals surface area contributed by atoms with Crippen LogP contribution in [0, 0.1) is 6.92 Å². The molecule has 0 fully saturated rings. The maximum absolute atomic E-state index is 9.10. The first-order chi connectivity index (χ1) is 8.68. The monoisotopic (exact) mass is 250 g/mol. The van der Waals surface area contributed by atoms with Crippen molar-refractivity contribution in [2.24, 2.45) is 0 Å². The van der Waals surface area contributed by atoms with Crippen molar-refractivity contribution >= 4 is 11.5 Å². The lowest BCUT2D eigenvalue weighted by molar-refractivity contribution is 0.192. The molecule has 2 aromatic heterocycles. The van der Waals surface area contributed by atoms with E-state index in [9.17, 15) is 0 Å². The highest BCUT2D eigenvalue weighted by molar-refractivity contribution is 5.61. The van der Waals surface area contributed by atoms with Gasteiger partial charge in [-0.15, -0.1) is 10.2 Å². The third-order valence-electron chi connectivity index (χ3n) is 2.53. The van der Waals surface area contributed by atoms with Crippen molar-refractivity contribution in [3.63, 3.8) is 0 Å². The number of aliphatic hydroxyl groups is 1. The number of rotatable bonds is 6. The zero-order valence-electron chi connectivity index (χ0n) is 10.6. The van der Waals surface area contributed by atoms with Crippen molar-refractivity contribution in [2.45, 2.75) is 20.0 Å². The first-order valence-corrected chi connectivity index (χ1v) is 5.97. The number of nitrogens with zero attached hydrogens (tertiary/aromatic N) is 4. The minimum absolute atomic E-state index is 0.328. The Hall–Kier alpha value is -1.73. The van der Waals surface area contributed by atoms with Crippen LogP contribution in [-0.4, -0.2) is 50.4 Å². The molecule has 3 N–H and O–H groups in total. The van der Waals surface area contributed by atoms with Crippen molar-refractivity contribution in [2.75, 3.05) is 25.0 Å². The van der Waals surface area contributed by atoms with E-state index >= 15 is 0 Å². The Balaban J connectivity index is 1.92. The third kappa shape index (κ3) is 2.93. The van der Waals surface area contributed by atoms with E-state index < -0.39 is 0 Å². The number of aliphatic hydroxyl groups excluding tert-OH is 1. The van der Waals surface area contributed by atoms with Crippen LogP contribution in [0.3, 0.4) is 0 Å². The Kier molecular flexibility index (Phi) is 4.06. The van der Waals surface area contributed by atoms with Gasteiger partial charge in [-0.05, 0) is 13.8 Å². The van der Waals surface area contributed by atoms with E-state index in [4.69, 9.17) is 5.11 Å². The van der Waals surface area contributed by atoms with Gasteiger partial charge in [-0.25, -0.2) is 4.98 Å². The van der Waals surface area contributed by atoms with Crippen LogP contribution in [0.1, 0.15) is 12.7 Å². The minimum Gasteiger partial charge on any atom is -0.392 e. The number of nitrogens with one attached hydrogen (secondary N) is 2. The van der Waals surface area contributed by atoms with Crippen LogP contribution in [-0.2, 0) is 0 Å². The van der Waals surface area contributed by atoms with Gasteiger partial charge < -0.3 is 15.7 Å². The average Bonchev–Trinajstić information content (AvgIpc) is 2.71. The second kappa shape index (κ2) is 5.74. The molecule has 0 saturated carbocycles. The van der Waals surface area contributed by atoms with Gasteiger partial charge >= 0.3 is 0 Å². The predicted octanol–water partition coefficient (Wildman–Crippen LogP) is -0.185. The molecule has 0 aromatic carbocycles. The lowest BCUT2D eigenvalue weighted by Gasteiger charge is -2.08. The predicted molar refractivity (Wildman–Crippen MR) is 68.6 cm³/mol. The molecule has 7 nitrogen and oxygen atoms in total. The van der Waals surface area contributed by atoms with Crippen LogP contribution in [0.4, 0.5) is 5.82 Å².